The Hall–Kier alpha value is -2.95. The van der Waals surface area contributed by atoms with Gasteiger partial charge in [0.25, 0.3) is 5.91 Å². The van der Waals surface area contributed by atoms with Crippen LogP contribution in [0, 0.1) is 5.92 Å². The second-order valence-corrected chi connectivity index (χ2v) is 9.15. The van der Waals surface area contributed by atoms with Crippen molar-refractivity contribution in [2.45, 2.75) is 20.5 Å². The van der Waals surface area contributed by atoms with E-state index in [-0.39, 0.29) is 5.91 Å². The monoisotopic (exact) mass is 481 g/mol. The molecule has 0 aromatic heterocycles. The molecule has 6 heteroatoms. The first-order chi connectivity index (χ1) is 15.9. The maximum Gasteiger partial charge on any atom is 0.259 e. The highest BCUT2D eigenvalue weighted by Gasteiger charge is 2.32. The van der Waals surface area contributed by atoms with Gasteiger partial charge in [0.15, 0.2) is 11.5 Å². The Morgan fingerprint density at radius 2 is 1.76 bits per heavy atom. The van der Waals surface area contributed by atoms with Crippen LogP contribution in [0.2, 0.25) is 10.0 Å². The molecular formula is C27H25Cl2NO3. The van der Waals surface area contributed by atoms with Crippen molar-refractivity contribution in [2.24, 2.45) is 5.92 Å². The van der Waals surface area contributed by atoms with E-state index in [2.05, 4.69) is 13.8 Å². The first kappa shape index (κ1) is 23.2. The number of benzene rings is 3. The number of para-hydroxylation sites is 1. The first-order valence-corrected chi connectivity index (χ1v) is 11.5. The number of hydrogen-bond donors (Lipinski definition) is 0. The van der Waals surface area contributed by atoms with Gasteiger partial charge < -0.3 is 14.4 Å². The highest BCUT2D eigenvalue weighted by molar-refractivity contribution is 6.42. The van der Waals surface area contributed by atoms with Crippen molar-refractivity contribution in [2.75, 3.05) is 18.6 Å². The molecule has 1 aliphatic rings. The van der Waals surface area contributed by atoms with Gasteiger partial charge in [0.2, 0.25) is 0 Å². The molecule has 0 atom stereocenters. The zero-order valence-corrected chi connectivity index (χ0v) is 20.3. The highest BCUT2D eigenvalue weighted by atomic mass is 35.5. The topological polar surface area (TPSA) is 38.8 Å². The Morgan fingerprint density at radius 3 is 2.48 bits per heavy atom. The largest absolute Gasteiger partial charge is 0.493 e. The molecule has 0 radical (unpaired) electrons. The molecule has 0 N–H and O–H groups in total. The Balaban J connectivity index is 1.59. The zero-order valence-electron chi connectivity index (χ0n) is 18.8. The maximum absolute atomic E-state index is 13.2. The number of carbonyl (C=O) groups excluding carboxylic acids is 1. The van der Waals surface area contributed by atoms with Crippen LogP contribution < -0.4 is 14.4 Å². The van der Waals surface area contributed by atoms with Crippen LogP contribution in [0.4, 0.5) is 5.69 Å². The summed E-state index contributed by atoms with van der Waals surface area (Å²) in [5, 5.41) is 0.991. The van der Waals surface area contributed by atoms with Gasteiger partial charge in [0.1, 0.15) is 6.61 Å². The molecule has 0 aliphatic carbocycles. The second-order valence-electron chi connectivity index (χ2n) is 8.33. The fourth-order valence-electron chi connectivity index (χ4n) is 3.84. The van der Waals surface area contributed by atoms with Crippen LogP contribution >= 0.6 is 23.2 Å². The van der Waals surface area contributed by atoms with E-state index >= 15 is 0 Å². The molecule has 4 rings (SSSR count). The molecule has 0 saturated heterocycles. The van der Waals surface area contributed by atoms with Crippen LogP contribution in [-0.2, 0) is 11.4 Å². The summed E-state index contributed by atoms with van der Waals surface area (Å²) in [7, 11) is 1.60. The van der Waals surface area contributed by atoms with Crippen LogP contribution in [0.15, 0.2) is 60.7 Å². The molecule has 1 amide bonds. The first-order valence-electron chi connectivity index (χ1n) is 10.7. The standard InChI is InChI=1S/C27H25Cl2NO3/c1-17(2)15-30-24-7-5-4-6-20(24)21(27(30)31)12-18-9-11-25(26(14-18)32-3)33-16-19-8-10-22(28)23(29)13-19/h4-14,17H,15-16H2,1-3H3/b21-12-. The molecule has 0 fully saturated rings. The lowest BCUT2D eigenvalue weighted by Crippen LogP contribution is -2.30. The van der Waals surface area contributed by atoms with Gasteiger partial charge in [-0.05, 0) is 53.5 Å². The minimum Gasteiger partial charge on any atom is -0.493 e. The summed E-state index contributed by atoms with van der Waals surface area (Å²) in [5.41, 5.74) is 4.34. The van der Waals surface area contributed by atoms with Crippen LogP contribution in [0.1, 0.15) is 30.5 Å². The van der Waals surface area contributed by atoms with E-state index in [0.29, 0.717) is 46.2 Å². The number of fused-ring (bicyclic) bond motifs is 1. The average Bonchev–Trinajstić information content (AvgIpc) is 3.06. The van der Waals surface area contributed by atoms with Gasteiger partial charge in [0, 0.05) is 17.7 Å². The Bertz CT molecular complexity index is 1220. The smallest absolute Gasteiger partial charge is 0.259 e. The van der Waals surface area contributed by atoms with Crippen molar-refractivity contribution >= 4 is 46.4 Å². The van der Waals surface area contributed by atoms with E-state index in [4.69, 9.17) is 32.7 Å². The molecule has 3 aromatic rings. The molecule has 0 spiro atoms. The molecule has 3 aromatic carbocycles. The Labute approximate surface area is 204 Å². The summed E-state index contributed by atoms with van der Waals surface area (Å²) in [4.78, 5) is 15.1. The highest BCUT2D eigenvalue weighted by Crippen LogP contribution is 2.39. The van der Waals surface area contributed by atoms with Gasteiger partial charge in [-0.25, -0.2) is 0 Å². The summed E-state index contributed by atoms with van der Waals surface area (Å²) in [5.74, 6) is 1.57. The number of carbonyl (C=O) groups is 1. The maximum atomic E-state index is 13.2. The third-order valence-corrected chi connectivity index (χ3v) is 6.12. The molecule has 33 heavy (non-hydrogen) atoms. The Morgan fingerprint density at radius 1 is 0.970 bits per heavy atom. The summed E-state index contributed by atoms with van der Waals surface area (Å²) in [6.45, 7) is 5.22. The van der Waals surface area contributed by atoms with E-state index in [1.807, 2.05) is 59.5 Å². The van der Waals surface area contributed by atoms with Crippen LogP contribution in [0.3, 0.4) is 0 Å². The second kappa shape index (κ2) is 9.90. The van der Waals surface area contributed by atoms with E-state index in [9.17, 15) is 4.79 Å². The zero-order chi connectivity index (χ0) is 23.5. The number of anilines is 1. The molecule has 0 saturated carbocycles. The predicted octanol–water partition coefficient (Wildman–Crippen LogP) is 7.12. The van der Waals surface area contributed by atoms with Crippen molar-refractivity contribution in [3.63, 3.8) is 0 Å². The van der Waals surface area contributed by atoms with E-state index in [1.54, 1.807) is 19.2 Å². The number of hydrogen-bond acceptors (Lipinski definition) is 3. The fourth-order valence-corrected chi connectivity index (χ4v) is 4.16. The lowest BCUT2D eigenvalue weighted by molar-refractivity contribution is -0.113. The number of methoxy groups -OCH3 is 1. The molecule has 0 unspecified atom stereocenters. The van der Waals surface area contributed by atoms with Crippen molar-refractivity contribution < 1.29 is 14.3 Å². The molecule has 1 heterocycles. The quantitative estimate of drug-likeness (QED) is 0.337. The van der Waals surface area contributed by atoms with Crippen molar-refractivity contribution in [3.05, 3.63) is 87.4 Å². The van der Waals surface area contributed by atoms with Gasteiger partial charge in [0.05, 0.1) is 22.8 Å². The average molecular weight is 482 g/mol. The predicted molar refractivity (Wildman–Crippen MR) is 135 cm³/mol. The van der Waals surface area contributed by atoms with Crippen LogP contribution in [0.25, 0.3) is 11.6 Å². The molecule has 4 nitrogen and oxygen atoms in total. The molecular weight excluding hydrogens is 457 g/mol. The van der Waals surface area contributed by atoms with E-state index in [1.165, 1.54) is 0 Å². The van der Waals surface area contributed by atoms with E-state index in [0.717, 1.165) is 22.4 Å². The van der Waals surface area contributed by atoms with Gasteiger partial charge >= 0.3 is 0 Å². The van der Waals surface area contributed by atoms with Crippen molar-refractivity contribution in [1.82, 2.24) is 0 Å². The van der Waals surface area contributed by atoms with Crippen molar-refractivity contribution in [1.29, 1.82) is 0 Å². The fraction of sp³-hybridized carbons (Fsp3) is 0.222. The van der Waals surface area contributed by atoms with E-state index < -0.39 is 0 Å². The third kappa shape index (κ3) is 5.02. The molecule has 170 valence electrons. The third-order valence-electron chi connectivity index (χ3n) is 5.39. The molecule has 1 aliphatic heterocycles. The lowest BCUT2D eigenvalue weighted by atomic mass is 10.0. The van der Waals surface area contributed by atoms with Gasteiger partial charge in [-0.2, -0.15) is 0 Å². The minimum absolute atomic E-state index is 0.0174. The SMILES string of the molecule is COc1cc(/C=C2\C(=O)N(CC(C)C)c3ccccc32)ccc1OCc1ccc(Cl)c(Cl)c1. The number of halogens is 2. The number of rotatable bonds is 7. The summed E-state index contributed by atoms with van der Waals surface area (Å²) >= 11 is 12.1. The van der Waals surface area contributed by atoms with Crippen LogP contribution in [0.5, 0.6) is 11.5 Å². The van der Waals surface area contributed by atoms with Crippen LogP contribution in [-0.4, -0.2) is 19.6 Å². The summed E-state index contributed by atoms with van der Waals surface area (Å²) < 4.78 is 11.5. The Kier molecular flexibility index (Phi) is 6.96. The van der Waals surface area contributed by atoms with Gasteiger partial charge in [-0.3, -0.25) is 4.79 Å². The summed E-state index contributed by atoms with van der Waals surface area (Å²) in [6.07, 6.45) is 1.91. The van der Waals surface area contributed by atoms with Gasteiger partial charge in [-0.15, -0.1) is 0 Å². The number of ether oxygens (including phenoxy) is 2. The normalized spacial score (nSPS) is 14.2. The van der Waals surface area contributed by atoms with Gasteiger partial charge in [-0.1, -0.05) is 67.4 Å². The van der Waals surface area contributed by atoms with Crippen molar-refractivity contribution in [3.8, 4) is 11.5 Å². The number of amides is 1. The lowest BCUT2D eigenvalue weighted by Gasteiger charge is -2.19. The number of nitrogens with zero attached hydrogens (tertiary/aromatic N) is 1. The minimum atomic E-state index is 0.0174. The molecule has 0 bridgehead atoms. The summed E-state index contributed by atoms with van der Waals surface area (Å²) in [6, 6.07) is 18.9.